The summed E-state index contributed by atoms with van der Waals surface area (Å²) < 4.78 is 10.1. The van der Waals surface area contributed by atoms with Gasteiger partial charge in [0.15, 0.2) is 12.4 Å². The summed E-state index contributed by atoms with van der Waals surface area (Å²) in [6.07, 6.45) is 2.32. The Kier molecular flexibility index (Phi) is 4.57. The summed E-state index contributed by atoms with van der Waals surface area (Å²) in [5, 5.41) is 6.74. The van der Waals surface area contributed by atoms with Gasteiger partial charge in [-0.3, -0.25) is 9.59 Å². The third kappa shape index (κ3) is 3.28. The van der Waals surface area contributed by atoms with Crippen LogP contribution in [0, 0.1) is 6.92 Å². The highest BCUT2D eigenvalue weighted by atomic mass is 35.5. The summed E-state index contributed by atoms with van der Waals surface area (Å²) in [4.78, 5) is 24.4. The van der Waals surface area contributed by atoms with Crippen molar-refractivity contribution in [1.29, 1.82) is 0 Å². The SMILES string of the molecule is Cc1cc(NC(=O)COC(=O)C2(c3cccc(Cl)c3)CCC2)no1. The lowest BCUT2D eigenvalue weighted by Crippen LogP contribution is -2.44. The fourth-order valence-electron chi connectivity index (χ4n) is 2.80. The maximum Gasteiger partial charge on any atom is 0.317 e. The first kappa shape index (κ1) is 16.5. The van der Waals surface area contributed by atoms with Crippen LogP contribution in [-0.2, 0) is 19.7 Å². The number of benzene rings is 1. The number of amides is 1. The molecule has 0 bridgehead atoms. The molecule has 1 aliphatic carbocycles. The molecule has 0 aliphatic heterocycles. The number of halogens is 1. The molecular formula is C17H17ClN2O4. The number of aromatic nitrogens is 1. The summed E-state index contributed by atoms with van der Waals surface area (Å²) in [6, 6.07) is 8.80. The van der Waals surface area contributed by atoms with Crippen LogP contribution in [0.5, 0.6) is 0 Å². The zero-order valence-electron chi connectivity index (χ0n) is 13.2. The first-order valence-corrected chi connectivity index (χ1v) is 8.04. The maximum atomic E-state index is 12.5. The van der Waals surface area contributed by atoms with Crippen LogP contribution < -0.4 is 5.32 Å². The Morgan fingerprint density at radius 2 is 2.17 bits per heavy atom. The van der Waals surface area contributed by atoms with E-state index in [1.807, 2.05) is 12.1 Å². The van der Waals surface area contributed by atoms with Crippen LogP contribution in [0.4, 0.5) is 5.82 Å². The average molecular weight is 349 g/mol. The van der Waals surface area contributed by atoms with E-state index < -0.39 is 17.3 Å². The summed E-state index contributed by atoms with van der Waals surface area (Å²) in [5.74, 6) is 0.0122. The van der Waals surface area contributed by atoms with Gasteiger partial charge >= 0.3 is 5.97 Å². The van der Waals surface area contributed by atoms with Gasteiger partial charge in [-0.15, -0.1) is 0 Å². The number of esters is 1. The Bertz CT molecular complexity index is 767. The summed E-state index contributed by atoms with van der Waals surface area (Å²) in [6.45, 7) is 1.35. The smallest absolute Gasteiger partial charge is 0.317 e. The van der Waals surface area contributed by atoms with Crippen molar-refractivity contribution < 1.29 is 18.8 Å². The molecule has 0 spiro atoms. The molecule has 1 saturated carbocycles. The Morgan fingerprint density at radius 3 is 2.75 bits per heavy atom. The van der Waals surface area contributed by atoms with E-state index in [0.717, 1.165) is 12.0 Å². The number of nitrogens with one attached hydrogen (secondary N) is 1. The highest BCUT2D eigenvalue weighted by Crippen LogP contribution is 2.45. The lowest BCUT2D eigenvalue weighted by atomic mass is 9.64. The fraction of sp³-hybridized carbons (Fsp3) is 0.353. The van der Waals surface area contributed by atoms with Crippen molar-refractivity contribution in [2.75, 3.05) is 11.9 Å². The number of anilines is 1. The number of carbonyl (C=O) groups is 2. The van der Waals surface area contributed by atoms with Crippen LogP contribution in [0.1, 0.15) is 30.6 Å². The molecule has 1 aliphatic rings. The van der Waals surface area contributed by atoms with Gasteiger partial charge in [0, 0.05) is 11.1 Å². The largest absolute Gasteiger partial charge is 0.455 e. The lowest BCUT2D eigenvalue weighted by Gasteiger charge is -2.39. The van der Waals surface area contributed by atoms with E-state index in [-0.39, 0.29) is 6.61 Å². The molecule has 1 amide bonds. The second kappa shape index (κ2) is 6.65. The molecule has 3 rings (SSSR count). The van der Waals surface area contributed by atoms with Gasteiger partial charge in [-0.25, -0.2) is 0 Å². The minimum absolute atomic E-state index is 0.293. The number of hydrogen-bond acceptors (Lipinski definition) is 5. The van der Waals surface area contributed by atoms with E-state index in [9.17, 15) is 9.59 Å². The first-order chi connectivity index (χ1) is 11.5. The first-order valence-electron chi connectivity index (χ1n) is 7.66. The molecule has 1 aromatic heterocycles. The zero-order valence-corrected chi connectivity index (χ0v) is 13.9. The highest BCUT2D eigenvalue weighted by molar-refractivity contribution is 6.30. The molecule has 0 saturated heterocycles. The molecule has 1 fully saturated rings. The van der Waals surface area contributed by atoms with E-state index in [2.05, 4.69) is 10.5 Å². The summed E-state index contributed by atoms with van der Waals surface area (Å²) in [7, 11) is 0. The summed E-state index contributed by atoms with van der Waals surface area (Å²) in [5.41, 5.74) is 0.133. The molecule has 126 valence electrons. The van der Waals surface area contributed by atoms with Crippen molar-refractivity contribution in [1.82, 2.24) is 5.16 Å². The van der Waals surface area contributed by atoms with E-state index >= 15 is 0 Å². The highest BCUT2D eigenvalue weighted by Gasteiger charge is 2.47. The van der Waals surface area contributed by atoms with Crippen molar-refractivity contribution in [3.8, 4) is 0 Å². The molecule has 1 N–H and O–H groups in total. The van der Waals surface area contributed by atoms with Crippen molar-refractivity contribution in [3.05, 3.63) is 46.7 Å². The Labute approximate surface area is 144 Å². The van der Waals surface area contributed by atoms with Crippen LogP contribution in [0.15, 0.2) is 34.9 Å². The van der Waals surface area contributed by atoms with Gasteiger partial charge in [0.1, 0.15) is 5.76 Å². The minimum atomic E-state index is -0.699. The van der Waals surface area contributed by atoms with Gasteiger partial charge in [0.2, 0.25) is 0 Å². The van der Waals surface area contributed by atoms with Crippen LogP contribution in [0.2, 0.25) is 5.02 Å². The standard InChI is InChI=1S/C17H17ClN2O4/c1-11-8-14(20-24-11)19-15(21)10-23-16(22)17(6-3-7-17)12-4-2-5-13(18)9-12/h2,4-5,8-9H,3,6-7,10H2,1H3,(H,19,20,21). The number of rotatable bonds is 5. The van der Waals surface area contributed by atoms with Crippen LogP contribution >= 0.6 is 11.6 Å². The number of aryl methyl sites for hydroxylation is 1. The van der Waals surface area contributed by atoms with Gasteiger partial charge in [-0.05, 0) is 37.5 Å². The third-order valence-corrected chi connectivity index (χ3v) is 4.44. The molecule has 0 atom stereocenters. The van der Waals surface area contributed by atoms with E-state index in [1.165, 1.54) is 0 Å². The van der Waals surface area contributed by atoms with Gasteiger partial charge in [-0.1, -0.05) is 35.3 Å². The van der Waals surface area contributed by atoms with E-state index in [0.29, 0.717) is 29.4 Å². The second-order valence-corrected chi connectivity index (χ2v) is 6.33. The van der Waals surface area contributed by atoms with Gasteiger partial charge in [-0.2, -0.15) is 0 Å². The minimum Gasteiger partial charge on any atom is -0.455 e. The fourth-order valence-corrected chi connectivity index (χ4v) is 2.99. The number of ether oxygens (including phenoxy) is 1. The lowest BCUT2D eigenvalue weighted by molar-refractivity contribution is -0.156. The van der Waals surface area contributed by atoms with Crippen molar-refractivity contribution >= 4 is 29.3 Å². The van der Waals surface area contributed by atoms with Gasteiger partial charge in [0.05, 0.1) is 5.41 Å². The predicted octanol–water partition coefficient (Wildman–Crippen LogP) is 3.24. The molecule has 7 heteroatoms. The monoisotopic (exact) mass is 348 g/mol. The molecule has 1 heterocycles. The quantitative estimate of drug-likeness (QED) is 0.839. The van der Waals surface area contributed by atoms with Gasteiger partial charge < -0.3 is 14.6 Å². The maximum absolute atomic E-state index is 12.5. The summed E-state index contributed by atoms with van der Waals surface area (Å²) >= 11 is 6.02. The Hall–Kier alpha value is -2.34. The topological polar surface area (TPSA) is 81.4 Å². The number of hydrogen-bond donors (Lipinski definition) is 1. The molecule has 0 radical (unpaired) electrons. The molecule has 6 nitrogen and oxygen atoms in total. The Balaban J connectivity index is 1.62. The van der Waals surface area contributed by atoms with Crippen molar-refractivity contribution in [2.24, 2.45) is 0 Å². The molecular weight excluding hydrogens is 332 g/mol. The number of nitrogens with zero attached hydrogens (tertiary/aromatic N) is 1. The third-order valence-electron chi connectivity index (χ3n) is 4.20. The molecule has 24 heavy (non-hydrogen) atoms. The zero-order chi connectivity index (χ0) is 17.2. The second-order valence-electron chi connectivity index (χ2n) is 5.89. The predicted molar refractivity (Wildman–Crippen MR) is 87.8 cm³/mol. The molecule has 1 aromatic carbocycles. The van der Waals surface area contributed by atoms with Gasteiger partial charge in [0.25, 0.3) is 5.91 Å². The molecule has 0 unspecified atom stereocenters. The molecule has 2 aromatic rings. The van der Waals surface area contributed by atoms with E-state index in [4.69, 9.17) is 20.9 Å². The Morgan fingerprint density at radius 1 is 1.38 bits per heavy atom. The average Bonchev–Trinajstić information content (AvgIpc) is 2.89. The normalized spacial score (nSPS) is 15.4. The van der Waals surface area contributed by atoms with E-state index in [1.54, 1.807) is 25.1 Å². The van der Waals surface area contributed by atoms with Crippen molar-refractivity contribution in [2.45, 2.75) is 31.6 Å². The van der Waals surface area contributed by atoms with Crippen LogP contribution in [0.25, 0.3) is 0 Å². The van der Waals surface area contributed by atoms with Crippen LogP contribution in [0.3, 0.4) is 0 Å². The number of carbonyl (C=O) groups excluding carboxylic acids is 2. The van der Waals surface area contributed by atoms with Crippen LogP contribution in [-0.4, -0.2) is 23.6 Å². The van der Waals surface area contributed by atoms with Crippen molar-refractivity contribution in [3.63, 3.8) is 0 Å².